The van der Waals surface area contributed by atoms with Crippen LogP contribution in [0, 0.1) is 6.92 Å². The highest BCUT2D eigenvalue weighted by Crippen LogP contribution is 2.34. The molecule has 5 aromatic carbocycles. The Hall–Kier alpha value is -5.03. The zero-order chi connectivity index (χ0) is 28.4. The molecule has 206 valence electrons. The lowest BCUT2D eigenvalue weighted by molar-refractivity contribution is 0.194. The van der Waals surface area contributed by atoms with E-state index in [4.69, 9.17) is 9.47 Å². The van der Waals surface area contributed by atoms with Gasteiger partial charge in [0.15, 0.2) is 11.5 Å². The van der Waals surface area contributed by atoms with E-state index in [0.29, 0.717) is 24.7 Å². The number of para-hydroxylation sites is 1. The summed E-state index contributed by atoms with van der Waals surface area (Å²) in [5.74, 6) is 1.27. The minimum absolute atomic E-state index is 0.194. The number of urea groups is 1. The standard InChI is InChI=1S/C36H34N2O3/c1-27-14-12-13-21-32(27)37-36(39)38(35(30-17-8-4-9-18-30)31-19-10-5-11-20-31)25-29-22-23-33(34(24-29)40-2)41-26-28-15-6-3-7-16-28/h3-24,35H,25-26H2,1-2H3,(H,37,39). The fraction of sp³-hybridized carbons (Fsp3) is 0.139. The number of carbonyl (C=O) groups is 1. The van der Waals surface area contributed by atoms with Gasteiger partial charge in [-0.25, -0.2) is 4.79 Å². The largest absolute Gasteiger partial charge is 0.493 e. The van der Waals surface area contributed by atoms with Gasteiger partial charge in [-0.3, -0.25) is 0 Å². The Morgan fingerprint density at radius 2 is 1.29 bits per heavy atom. The second-order valence-electron chi connectivity index (χ2n) is 9.86. The predicted octanol–water partition coefficient (Wildman–Crippen LogP) is 8.41. The second-order valence-corrected chi connectivity index (χ2v) is 9.86. The summed E-state index contributed by atoms with van der Waals surface area (Å²) in [7, 11) is 1.63. The Labute approximate surface area is 242 Å². The van der Waals surface area contributed by atoms with Gasteiger partial charge < -0.3 is 19.7 Å². The van der Waals surface area contributed by atoms with Crippen LogP contribution in [0.1, 0.15) is 33.9 Å². The number of hydrogen-bond donors (Lipinski definition) is 1. The van der Waals surface area contributed by atoms with E-state index in [-0.39, 0.29) is 12.1 Å². The van der Waals surface area contributed by atoms with E-state index in [0.717, 1.165) is 33.5 Å². The summed E-state index contributed by atoms with van der Waals surface area (Å²) in [6.45, 7) is 2.78. The summed E-state index contributed by atoms with van der Waals surface area (Å²) in [5, 5.41) is 3.16. The number of ether oxygens (including phenoxy) is 2. The van der Waals surface area contributed by atoms with E-state index in [9.17, 15) is 4.79 Å². The van der Waals surface area contributed by atoms with Gasteiger partial charge in [0, 0.05) is 12.2 Å². The molecule has 1 N–H and O–H groups in total. The van der Waals surface area contributed by atoms with Crippen LogP contribution in [0.2, 0.25) is 0 Å². The lowest BCUT2D eigenvalue weighted by Gasteiger charge is -2.33. The zero-order valence-electron chi connectivity index (χ0n) is 23.4. The first-order chi connectivity index (χ1) is 20.1. The molecule has 0 radical (unpaired) electrons. The van der Waals surface area contributed by atoms with Gasteiger partial charge in [0.2, 0.25) is 0 Å². The summed E-state index contributed by atoms with van der Waals surface area (Å²) < 4.78 is 11.8. The molecule has 0 heterocycles. The van der Waals surface area contributed by atoms with Crippen molar-refractivity contribution in [3.63, 3.8) is 0 Å². The maximum atomic E-state index is 14.1. The van der Waals surface area contributed by atoms with Crippen molar-refractivity contribution in [2.45, 2.75) is 26.1 Å². The van der Waals surface area contributed by atoms with Gasteiger partial charge in [-0.1, -0.05) is 115 Å². The number of nitrogens with one attached hydrogen (secondary N) is 1. The molecule has 0 aliphatic carbocycles. The molecule has 0 saturated heterocycles. The van der Waals surface area contributed by atoms with E-state index in [1.807, 2.05) is 121 Å². The summed E-state index contributed by atoms with van der Waals surface area (Å²) in [4.78, 5) is 16.0. The Kier molecular flexibility index (Phi) is 8.97. The number of rotatable bonds is 10. The molecule has 5 nitrogen and oxygen atoms in total. The first-order valence-corrected chi connectivity index (χ1v) is 13.7. The Balaban J connectivity index is 1.49. The molecular formula is C36H34N2O3. The molecule has 0 aliphatic rings. The lowest BCUT2D eigenvalue weighted by atomic mass is 9.96. The van der Waals surface area contributed by atoms with Crippen LogP contribution >= 0.6 is 0 Å². The summed E-state index contributed by atoms with van der Waals surface area (Å²) in [6.07, 6.45) is 0. The summed E-state index contributed by atoms with van der Waals surface area (Å²) in [6, 6.07) is 43.4. The average molecular weight is 543 g/mol. The molecule has 5 aromatic rings. The highest BCUT2D eigenvalue weighted by atomic mass is 16.5. The number of aryl methyl sites for hydroxylation is 1. The summed E-state index contributed by atoms with van der Waals surface area (Å²) in [5.41, 5.74) is 5.82. The van der Waals surface area contributed by atoms with Crippen LogP contribution in [0.15, 0.2) is 133 Å². The minimum atomic E-state index is -0.318. The fourth-order valence-corrected chi connectivity index (χ4v) is 4.87. The topological polar surface area (TPSA) is 50.8 Å². The van der Waals surface area contributed by atoms with Crippen LogP contribution in [-0.2, 0) is 13.2 Å². The van der Waals surface area contributed by atoms with Gasteiger partial charge in [-0.05, 0) is 52.9 Å². The molecule has 0 unspecified atom stereocenters. The average Bonchev–Trinajstić information content (AvgIpc) is 3.02. The van der Waals surface area contributed by atoms with Crippen molar-refractivity contribution in [1.29, 1.82) is 0 Å². The van der Waals surface area contributed by atoms with Crippen molar-refractivity contribution in [3.8, 4) is 11.5 Å². The van der Waals surface area contributed by atoms with Gasteiger partial charge in [0.1, 0.15) is 6.61 Å². The van der Waals surface area contributed by atoms with Crippen LogP contribution in [0.4, 0.5) is 10.5 Å². The first kappa shape index (κ1) is 27.5. The van der Waals surface area contributed by atoms with Crippen molar-refractivity contribution in [2.75, 3.05) is 12.4 Å². The molecule has 0 atom stereocenters. The Bertz CT molecular complexity index is 1520. The lowest BCUT2D eigenvalue weighted by Crippen LogP contribution is -2.38. The van der Waals surface area contributed by atoms with Crippen molar-refractivity contribution in [1.82, 2.24) is 4.90 Å². The number of nitrogens with zero attached hydrogens (tertiary/aromatic N) is 1. The van der Waals surface area contributed by atoms with E-state index >= 15 is 0 Å². The second kappa shape index (κ2) is 13.4. The third-order valence-electron chi connectivity index (χ3n) is 7.01. The number of hydrogen-bond acceptors (Lipinski definition) is 3. The number of carbonyl (C=O) groups excluding carboxylic acids is 1. The number of benzene rings is 5. The SMILES string of the molecule is COc1cc(CN(C(=O)Nc2ccccc2C)C(c2ccccc2)c2ccccc2)ccc1OCc1ccccc1. The molecule has 0 bridgehead atoms. The zero-order valence-corrected chi connectivity index (χ0v) is 23.4. The van der Waals surface area contributed by atoms with Crippen molar-refractivity contribution in [2.24, 2.45) is 0 Å². The molecule has 2 amide bonds. The number of methoxy groups -OCH3 is 1. The highest BCUT2D eigenvalue weighted by Gasteiger charge is 2.28. The molecule has 0 saturated carbocycles. The maximum absolute atomic E-state index is 14.1. The highest BCUT2D eigenvalue weighted by molar-refractivity contribution is 5.90. The van der Waals surface area contributed by atoms with Gasteiger partial charge in [0.25, 0.3) is 0 Å². The quantitative estimate of drug-likeness (QED) is 0.193. The monoisotopic (exact) mass is 542 g/mol. The molecule has 0 aromatic heterocycles. The van der Waals surface area contributed by atoms with Crippen molar-refractivity contribution < 1.29 is 14.3 Å². The van der Waals surface area contributed by atoms with Crippen LogP contribution < -0.4 is 14.8 Å². The smallest absolute Gasteiger partial charge is 0.322 e. The van der Waals surface area contributed by atoms with Gasteiger partial charge in [-0.2, -0.15) is 0 Å². The normalized spacial score (nSPS) is 10.7. The number of anilines is 1. The fourth-order valence-electron chi connectivity index (χ4n) is 4.87. The summed E-state index contributed by atoms with van der Waals surface area (Å²) >= 11 is 0. The van der Waals surface area contributed by atoms with Gasteiger partial charge in [0.05, 0.1) is 13.2 Å². The van der Waals surface area contributed by atoms with E-state index in [2.05, 4.69) is 29.6 Å². The third kappa shape index (κ3) is 6.95. The molecule has 0 aliphatic heterocycles. The molecule has 41 heavy (non-hydrogen) atoms. The van der Waals surface area contributed by atoms with Crippen LogP contribution in [0.5, 0.6) is 11.5 Å². The first-order valence-electron chi connectivity index (χ1n) is 13.7. The Morgan fingerprint density at radius 1 is 0.707 bits per heavy atom. The third-order valence-corrected chi connectivity index (χ3v) is 7.01. The molecule has 5 heteroatoms. The van der Waals surface area contributed by atoms with E-state index in [1.54, 1.807) is 7.11 Å². The van der Waals surface area contributed by atoms with Crippen molar-refractivity contribution in [3.05, 3.63) is 161 Å². The van der Waals surface area contributed by atoms with E-state index in [1.165, 1.54) is 0 Å². The van der Waals surface area contributed by atoms with Crippen LogP contribution in [-0.4, -0.2) is 18.0 Å². The predicted molar refractivity (Wildman–Crippen MR) is 164 cm³/mol. The van der Waals surface area contributed by atoms with Crippen molar-refractivity contribution >= 4 is 11.7 Å². The maximum Gasteiger partial charge on any atom is 0.322 e. The molecule has 0 spiro atoms. The minimum Gasteiger partial charge on any atom is -0.493 e. The molecular weight excluding hydrogens is 508 g/mol. The molecule has 5 rings (SSSR count). The molecule has 0 fully saturated rings. The van der Waals surface area contributed by atoms with E-state index < -0.39 is 0 Å². The Morgan fingerprint density at radius 3 is 1.90 bits per heavy atom. The van der Waals surface area contributed by atoms with Gasteiger partial charge in [-0.15, -0.1) is 0 Å². The van der Waals surface area contributed by atoms with Crippen LogP contribution in [0.3, 0.4) is 0 Å². The van der Waals surface area contributed by atoms with Crippen LogP contribution in [0.25, 0.3) is 0 Å². The van der Waals surface area contributed by atoms with Gasteiger partial charge >= 0.3 is 6.03 Å². The number of amides is 2.